The van der Waals surface area contributed by atoms with Crippen LogP contribution in [-0.2, 0) is 19.5 Å². The fraction of sp³-hybridized carbons (Fsp3) is 0.250. The van der Waals surface area contributed by atoms with Gasteiger partial charge < -0.3 is 5.73 Å². The second kappa shape index (κ2) is 7.53. The topological polar surface area (TPSA) is 29.3 Å². The lowest BCUT2D eigenvalue weighted by Crippen LogP contribution is -2.19. The normalized spacial score (nSPS) is 13.2. The van der Waals surface area contributed by atoms with Gasteiger partial charge in [-0.15, -0.1) is 24.8 Å². The molecule has 0 saturated carbocycles. The highest BCUT2D eigenvalue weighted by molar-refractivity contribution is 5.85. The number of nitrogens with zero attached hydrogens (tertiary/aromatic N) is 1. The number of fused-ring (bicyclic) bond motifs is 1. The fourth-order valence-electron chi connectivity index (χ4n) is 2.58. The van der Waals surface area contributed by atoms with Crippen molar-refractivity contribution in [2.24, 2.45) is 0 Å². The Morgan fingerprint density at radius 2 is 1.60 bits per heavy atom. The van der Waals surface area contributed by atoms with Gasteiger partial charge in [-0.05, 0) is 35.2 Å². The maximum absolute atomic E-state index is 5.82. The zero-order chi connectivity index (χ0) is 12.4. The van der Waals surface area contributed by atoms with E-state index < -0.39 is 0 Å². The van der Waals surface area contributed by atoms with Gasteiger partial charge in [-0.2, -0.15) is 0 Å². The maximum Gasteiger partial charge on any atom is 0.0317 e. The quantitative estimate of drug-likeness (QED) is 0.876. The van der Waals surface area contributed by atoms with Crippen LogP contribution in [0, 0.1) is 0 Å². The van der Waals surface area contributed by atoms with Crippen molar-refractivity contribution in [3.63, 3.8) is 0 Å². The Kier molecular flexibility index (Phi) is 6.34. The van der Waals surface area contributed by atoms with E-state index in [4.69, 9.17) is 5.73 Å². The van der Waals surface area contributed by atoms with E-state index in [0.717, 1.165) is 31.7 Å². The number of anilines is 1. The standard InChI is InChI=1S/C16H18N2.2ClH/c17-16-7-6-14-11-18(12-15(14)10-16)9-8-13-4-2-1-3-5-13;;/h1-7,10H,8-9,11-12,17H2;2*1H. The van der Waals surface area contributed by atoms with Gasteiger partial charge in [-0.25, -0.2) is 0 Å². The summed E-state index contributed by atoms with van der Waals surface area (Å²) in [6, 6.07) is 16.9. The highest BCUT2D eigenvalue weighted by Crippen LogP contribution is 2.24. The molecular weight excluding hydrogens is 291 g/mol. The van der Waals surface area contributed by atoms with Crippen LogP contribution < -0.4 is 5.73 Å². The van der Waals surface area contributed by atoms with Crippen LogP contribution in [0.3, 0.4) is 0 Å². The average Bonchev–Trinajstić information content (AvgIpc) is 2.79. The summed E-state index contributed by atoms with van der Waals surface area (Å²) >= 11 is 0. The average molecular weight is 311 g/mol. The van der Waals surface area contributed by atoms with E-state index in [1.54, 1.807) is 0 Å². The molecular formula is C16H20Cl2N2. The zero-order valence-corrected chi connectivity index (χ0v) is 12.9. The molecule has 0 aliphatic carbocycles. The molecule has 2 aromatic carbocycles. The Morgan fingerprint density at radius 3 is 2.35 bits per heavy atom. The van der Waals surface area contributed by atoms with E-state index >= 15 is 0 Å². The number of hydrogen-bond donors (Lipinski definition) is 1. The molecule has 0 amide bonds. The SMILES string of the molecule is Cl.Cl.Nc1ccc2c(c1)CN(CCc1ccccc1)C2. The van der Waals surface area contributed by atoms with Crippen LogP contribution in [-0.4, -0.2) is 11.4 Å². The molecule has 108 valence electrons. The van der Waals surface area contributed by atoms with Gasteiger partial charge in [-0.3, -0.25) is 4.90 Å². The highest BCUT2D eigenvalue weighted by atomic mass is 35.5. The van der Waals surface area contributed by atoms with Crippen molar-refractivity contribution in [2.75, 3.05) is 12.3 Å². The van der Waals surface area contributed by atoms with Crippen LogP contribution in [0.1, 0.15) is 16.7 Å². The van der Waals surface area contributed by atoms with Gasteiger partial charge in [0.15, 0.2) is 0 Å². The Labute approximate surface area is 132 Å². The Balaban J connectivity index is 0.000001000. The molecule has 2 N–H and O–H groups in total. The van der Waals surface area contributed by atoms with Crippen LogP contribution in [0.2, 0.25) is 0 Å². The monoisotopic (exact) mass is 310 g/mol. The fourth-order valence-corrected chi connectivity index (χ4v) is 2.58. The van der Waals surface area contributed by atoms with Crippen LogP contribution in [0.15, 0.2) is 48.5 Å². The Morgan fingerprint density at radius 1 is 0.900 bits per heavy atom. The first kappa shape index (κ1) is 16.8. The summed E-state index contributed by atoms with van der Waals surface area (Å²) in [6.45, 7) is 3.20. The first-order chi connectivity index (χ1) is 8.81. The molecule has 0 aromatic heterocycles. The summed E-state index contributed by atoms with van der Waals surface area (Å²) in [5, 5.41) is 0. The number of halogens is 2. The van der Waals surface area contributed by atoms with E-state index in [9.17, 15) is 0 Å². The molecule has 0 fully saturated rings. The first-order valence-electron chi connectivity index (χ1n) is 6.45. The zero-order valence-electron chi connectivity index (χ0n) is 11.3. The van der Waals surface area contributed by atoms with Gasteiger partial charge in [0.25, 0.3) is 0 Å². The molecule has 3 rings (SSSR count). The van der Waals surface area contributed by atoms with Crippen molar-refractivity contribution in [3.8, 4) is 0 Å². The van der Waals surface area contributed by atoms with E-state index in [0.29, 0.717) is 0 Å². The third kappa shape index (κ3) is 3.89. The van der Waals surface area contributed by atoms with Crippen LogP contribution >= 0.6 is 24.8 Å². The number of benzene rings is 2. The van der Waals surface area contributed by atoms with Crippen LogP contribution in [0.5, 0.6) is 0 Å². The third-order valence-electron chi connectivity index (χ3n) is 3.58. The van der Waals surface area contributed by atoms with Crippen molar-refractivity contribution in [3.05, 3.63) is 65.2 Å². The maximum atomic E-state index is 5.82. The summed E-state index contributed by atoms with van der Waals surface area (Å²) in [5.74, 6) is 0. The second-order valence-electron chi connectivity index (χ2n) is 4.97. The van der Waals surface area contributed by atoms with Crippen molar-refractivity contribution in [1.29, 1.82) is 0 Å². The van der Waals surface area contributed by atoms with Gasteiger partial charge in [0, 0.05) is 25.3 Å². The van der Waals surface area contributed by atoms with Crippen LogP contribution in [0.25, 0.3) is 0 Å². The van der Waals surface area contributed by atoms with E-state index in [2.05, 4.69) is 47.4 Å². The first-order valence-corrected chi connectivity index (χ1v) is 6.45. The van der Waals surface area contributed by atoms with Gasteiger partial charge >= 0.3 is 0 Å². The molecule has 0 unspecified atom stereocenters. The summed E-state index contributed by atoms with van der Waals surface area (Å²) in [7, 11) is 0. The minimum Gasteiger partial charge on any atom is -0.399 e. The van der Waals surface area contributed by atoms with Crippen molar-refractivity contribution >= 4 is 30.5 Å². The van der Waals surface area contributed by atoms with Gasteiger partial charge in [0.2, 0.25) is 0 Å². The summed E-state index contributed by atoms with van der Waals surface area (Å²) < 4.78 is 0. The van der Waals surface area contributed by atoms with Crippen LogP contribution in [0.4, 0.5) is 5.69 Å². The third-order valence-corrected chi connectivity index (χ3v) is 3.58. The summed E-state index contributed by atoms with van der Waals surface area (Å²) in [5.41, 5.74) is 10.9. The lowest BCUT2D eigenvalue weighted by atomic mass is 10.1. The van der Waals surface area contributed by atoms with Crippen molar-refractivity contribution < 1.29 is 0 Å². The van der Waals surface area contributed by atoms with E-state index in [1.807, 2.05) is 6.07 Å². The lowest BCUT2D eigenvalue weighted by Gasteiger charge is -2.14. The van der Waals surface area contributed by atoms with Crippen molar-refractivity contribution in [2.45, 2.75) is 19.5 Å². The molecule has 0 atom stereocenters. The van der Waals surface area contributed by atoms with Gasteiger partial charge in [0.1, 0.15) is 0 Å². The summed E-state index contributed by atoms with van der Waals surface area (Å²) in [6.07, 6.45) is 1.12. The summed E-state index contributed by atoms with van der Waals surface area (Å²) in [4.78, 5) is 2.48. The predicted octanol–water partition coefficient (Wildman–Crippen LogP) is 3.67. The molecule has 0 saturated heterocycles. The van der Waals surface area contributed by atoms with Crippen molar-refractivity contribution in [1.82, 2.24) is 4.90 Å². The molecule has 1 aliphatic rings. The molecule has 2 nitrogen and oxygen atoms in total. The van der Waals surface area contributed by atoms with E-state index in [1.165, 1.54) is 16.7 Å². The number of nitrogens with two attached hydrogens (primary N) is 1. The largest absolute Gasteiger partial charge is 0.399 e. The highest BCUT2D eigenvalue weighted by Gasteiger charge is 2.18. The smallest absolute Gasteiger partial charge is 0.0317 e. The predicted molar refractivity (Wildman–Crippen MR) is 89.6 cm³/mol. The molecule has 1 aliphatic heterocycles. The van der Waals surface area contributed by atoms with E-state index in [-0.39, 0.29) is 24.8 Å². The number of rotatable bonds is 3. The second-order valence-corrected chi connectivity index (χ2v) is 4.97. The molecule has 0 radical (unpaired) electrons. The molecule has 1 heterocycles. The Bertz CT molecular complexity index is 543. The molecule has 0 bridgehead atoms. The number of hydrogen-bond acceptors (Lipinski definition) is 2. The Hall–Kier alpha value is -1.22. The molecule has 4 heteroatoms. The molecule has 20 heavy (non-hydrogen) atoms. The lowest BCUT2D eigenvalue weighted by molar-refractivity contribution is 0.288. The molecule has 0 spiro atoms. The minimum absolute atomic E-state index is 0. The molecule has 2 aromatic rings. The van der Waals surface area contributed by atoms with Gasteiger partial charge in [-0.1, -0.05) is 36.4 Å². The number of nitrogen functional groups attached to an aromatic ring is 1. The minimum atomic E-state index is 0. The van der Waals surface area contributed by atoms with Gasteiger partial charge in [0.05, 0.1) is 0 Å².